The highest BCUT2D eigenvalue weighted by Gasteiger charge is 2.13. The van der Waals surface area contributed by atoms with Crippen LogP contribution in [0.5, 0.6) is 0 Å². The van der Waals surface area contributed by atoms with Crippen LogP contribution in [0.2, 0.25) is 0 Å². The number of ether oxygens (including phenoxy) is 1. The molecule has 17 heavy (non-hydrogen) atoms. The van der Waals surface area contributed by atoms with E-state index in [1.54, 1.807) is 0 Å². The van der Waals surface area contributed by atoms with E-state index in [2.05, 4.69) is 26.1 Å². The molecule has 0 bridgehead atoms. The van der Waals surface area contributed by atoms with Gasteiger partial charge >= 0.3 is 0 Å². The van der Waals surface area contributed by atoms with Gasteiger partial charge in [0.15, 0.2) is 0 Å². The predicted octanol–water partition coefficient (Wildman–Crippen LogP) is 1.68. The minimum Gasteiger partial charge on any atom is -0.381 e. The third-order valence-corrected chi connectivity index (χ3v) is 2.47. The SMILES string of the molecule is CCCCOCCCNC(=O)[C@@H](N)CC(C)C. The van der Waals surface area contributed by atoms with Gasteiger partial charge in [-0.05, 0) is 25.2 Å². The van der Waals surface area contributed by atoms with Crippen molar-refractivity contribution in [3.63, 3.8) is 0 Å². The lowest BCUT2D eigenvalue weighted by Crippen LogP contribution is -2.41. The normalized spacial score (nSPS) is 12.8. The summed E-state index contributed by atoms with van der Waals surface area (Å²) in [6, 6.07) is -0.379. The largest absolute Gasteiger partial charge is 0.381 e. The molecule has 0 heterocycles. The Labute approximate surface area is 105 Å². The molecule has 0 rings (SSSR count). The van der Waals surface area contributed by atoms with Crippen LogP contribution in [0, 0.1) is 5.92 Å². The maximum absolute atomic E-state index is 11.5. The highest BCUT2D eigenvalue weighted by Crippen LogP contribution is 2.02. The van der Waals surface area contributed by atoms with Gasteiger partial charge in [0, 0.05) is 19.8 Å². The number of carbonyl (C=O) groups is 1. The maximum Gasteiger partial charge on any atom is 0.236 e. The molecule has 0 saturated carbocycles. The number of nitrogens with two attached hydrogens (primary N) is 1. The number of carbonyl (C=O) groups excluding carboxylic acids is 1. The van der Waals surface area contributed by atoms with Gasteiger partial charge in [-0.3, -0.25) is 4.79 Å². The molecule has 0 aromatic carbocycles. The Bertz CT molecular complexity index is 196. The van der Waals surface area contributed by atoms with Gasteiger partial charge in [-0.25, -0.2) is 0 Å². The Morgan fingerprint density at radius 3 is 2.53 bits per heavy atom. The monoisotopic (exact) mass is 244 g/mol. The number of hydrogen-bond acceptors (Lipinski definition) is 3. The summed E-state index contributed by atoms with van der Waals surface area (Å²) in [6.45, 7) is 8.44. The zero-order chi connectivity index (χ0) is 13.1. The average molecular weight is 244 g/mol. The average Bonchev–Trinajstić information content (AvgIpc) is 2.26. The highest BCUT2D eigenvalue weighted by molar-refractivity contribution is 5.81. The summed E-state index contributed by atoms with van der Waals surface area (Å²) in [5.74, 6) is 0.403. The first-order valence-electron chi connectivity index (χ1n) is 6.69. The Balaban J connectivity index is 3.38. The van der Waals surface area contributed by atoms with Gasteiger partial charge in [-0.15, -0.1) is 0 Å². The summed E-state index contributed by atoms with van der Waals surface area (Å²) in [5, 5.41) is 2.83. The van der Waals surface area contributed by atoms with Crippen molar-refractivity contribution in [2.24, 2.45) is 11.7 Å². The summed E-state index contributed by atoms with van der Waals surface area (Å²) in [7, 11) is 0. The third kappa shape index (κ3) is 10.3. The van der Waals surface area contributed by atoms with Crippen molar-refractivity contribution >= 4 is 5.91 Å². The van der Waals surface area contributed by atoms with Gasteiger partial charge in [-0.2, -0.15) is 0 Å². The van der Waals surface area contributed by atoms with Gasteiger partial charge in [0.1, 0.15) is 0 Å². The quantitative estimate of drug-likeness (QED) is 0.575. The molecule has 0 aromatic heterocycles. The second-order valence-electron chi connectivity index (χ2n) is 4.85. The van der Waals surface area contributed by atoms with E-state index in [4.69, 9.17) is 10.5 Å². The summed E-state index contributed by atoms with van der Waals surface area (Å²) in [5.41, 5.74) is 5.76. The molecule has 0 spiro atoms. The van der Waals surface area contributed by atoms with Crippen LogP contribution in [-0.4, -0.2) is 31.7 Å². The molecule has 1 atom stereocenters. The first kappa shape index (κ1) is 16.4. The minimum atomic E-state index is -0.379. The van der Waals surface area contributed by atoms with Gasteiger partial charge in [-0.1, -0.05) is 27.2 Å². The Morgan fingerprint density at radius 2 is 1.94 bits per heavy atom. The van der Waals surface area contributed by atoms with Crippen molar-refractivity contribution in [1.29, 1.82) is 0 Å². The molecule has 0 aliphatic carbocycles. The molecule has 3 N–H and O–H groups in total. The zero-order valence-electron chi connectivity index (χ0n) is 11.5. The molecular weight excluding hydrogens is 216 g/mol. The molecule has 0 aliphatic rings. The van der Waals surface area contributed by atoms with Crippen molar-refractivity contribution in [3.8, 4) is 0 Å². The first-order valence-corrected chi connectivity index (χ1v) is 6.69. The summed E-state index contributed by atoms with van der Waals surface area (Å²) in [4.78, 5) is 11.5. The van der Waals surface area contributed by atoms with E-state index in [0.29, 0.717) is 19.1 Å². The molecule has 0 aliphatic heterocycles. The number of hydrogen-bond donors (Lipinski definition) is 2. The van der Waals surface area contributed by atoms with E-state index >= 15 is 0 Å². The summed E-state index contributed by atoms with van der Waals surface area (Å²) < 4.78 is 5.40. The zero-order valence-corrected chi connectivity index (χ0v) is 11.5. The van der Waals surface area contributed by atoms with Crippen LogP contribution in [0.4, 0.5) is 0 Å². The molecule has 4 heteroatoms. The molecule has 0 radical (unpaired) electrons. The van der Waals surface area contributed by atoms with E-state index in [0.717, 1.165) is 32.3 Å². The van der Waals surface area contributed by atoms with Crippen LogP contribution in [0.3, 0.4) is 0 Å². The van der Waals surface area contributed by atoms with Crippen LogP contribution in [0.25, 0.3) is 0 Å². The molecule has 102 valence electrons. The fraction of sp³-hybridized carbons (Fsp3) is 0.923. The van der Waals surface area contributed by atoms with Crippen LogP contribution in [0.15, 0.2) is 0 Å². The van der Waals surface area contributed by atoms with Crippen molar-refractivity contribution < 1.29 is 9.53 Å². The van der Waals surface area contributed by atoms with Crippen molar-refractivity contribution in [3.05, 3.63) is 0 Å². The predicted molar refractivity (Wildman–Crippen MR) is 70.8 cm³/mol. The van der Waals surface area contributed by atoms with Crippen LogP contribution >= 0.6 is 0 Å². The highest BCUT2D eigenvalue weighted by atomic mass is 16.5. The van der Waals surface area contributed by atoms with E-state index in [9.17, 15) is 4.79 Å². The number of rotatable bonds is 10. The van der Waals surface area contributed by atoms with E-state index in [1.165, 1.54) is 0 Å². The lowest BCUT2D eigenvalue weighted by atomic mass is 10.0. The van der Waals surface area contributed by atoms with Gasteiger partial charge in [0.05, 0.1) is 6.04 Å². The number of amides is 1. The Hall–Kier alpha value is -0.610. The van der Waals surface area contributed by atoms with Gasteiger partial charge in [0.25, 0.3) is 0 Å². The fourth-order valence-electron chi connectivity index (χ4n) is 1.48. The molecule has 0 fully saturated rings. The van der Waals surface area contributed by atoms with E-state index in [-0.39, 0.29) is 11.9 Å². The number of nitrogens with one attached hydrogen (secondary N) is 1. The molecule has 4 nitrogen and oxygen atoms in total. The van der Waals surface area contributed by atoms with Gasteiger partial charge < -0.3 is 15.8 Å². The summed E-state index contributed by atoms with van der Waals surface area (Å²) >= 11 is 0. The Morgan fingerprint density at radius 1 is 1.29 bits per heavy atom. The lowest BCUT2D eigenvalue weighted by molar-refractivity contribution is -0.122. The fourth-order valence-corrected chi connectivity index (χ4v) is 1.48. The molecular formula is C13H28N2O2. The van der Waals surface area contributed by atoms with Gasteiger partial charge in [0.2, 0.25) is 5.91 Å². The summed E-state index contributed by atoms with van der Waals surface area (Å²) in [6.07, 6.45) is 3.84. The first-order chi connectivity index (χ1) is 8.07. The maximum atomic E-state index is 11.5. The van der Waals surface area contributed by atoms with Crippen LogP contribution < -0.4 is 11.1 Å². The van der Waals surface area contributed by atoms with Crippen molar-refractivity contribution in [2.75, 3.05) is 19.8 Å². The van der Waals surface area contributed by atoms with Crippen LogP contribution in [-0.2, 0) is 9.53 Å². The third-order valence-electron chi connectivity index (χ3n) is 2.47. The molecule has 0 aromatic rings. The van der Waals surface area contributed by atoms with E-state index < -0.39 is 0 Å². The minimum absolute atomic E-state index is 0.0488. The van der Waals surface area contributed by atoms with Crippen molar-refractivity contribution in [2.45, 2.75) is 52.5 Å². The molecule has 0 unspecified atom stereocenters. The molecule has 1 amide bonds. The Kier molecular flexibility index (Phi) is 10.2. The smallest absolute Gasteiger partial charge is 0.236 e. The number of unbranched alkanes of at least 4 members (excludes halogenated alkanes) is 1. The van der Waals surface area contributed by atoms with Crippen LogP contribution in [0.1, 0.15) is 46.5 Å². The second kappa shape index (κ2) is 10.5. The standard InChI is InChI=1S/C13H28N2O2/c1-4-5-8-17-9-6-7-15-13(16)12(14)10-11(2)3/h11-12H,4-10,14H2,1-3H3,(H,15,16)/t12-/m0/s1. The second-order valence-corrected chi connectivity index (χ2v) is 4.85. The molecule has 0 saturated heterocycles. The lowest BCUT2D eigenvalue weighted by Gasteiger charge is -2.14. The topological polar surface area (TPSA) is 64.3 Å². The van der Waals surface area contributed by atoms with Crippen molar-refractivity contribution in [1.82, 2.24) is 5.32 Å². The van der Waals surface area contributed by atoms with E-state index in [1.807, 2.05) is 0 Å².